The van der Waals surface area contributed by atoms with Gasteiger partial charge in [-0.05, 0) is 18.1 Å². The zero-order valence-corrected chi connectivity index (χ0v) is 9.91. The average Bonchev–Trinajstić information content (AvgIpc) is 2.53. The third-order valence-corrected chi connectivity index (χ3v) is 4.51. The average molecular weight is 257 g/mol. The molecule has 1 aliphatic heterocycles. The van der Waals surface area contributed by atoms with Crippen LogP contribution in [0.3, 0.4) is 0 Å². The van der Waals surface area contributed by atoms with Crippen molar-refractivity contribution < 1.29 is 17.6 Å². The van der Waals surface area contributed by atoms with Gasteiger partial charge in [-0.2, -0.15) is 0 Å². The highest BCUT2D eigenvalue weighted by Crippen LogP contribution is 2.16. The standard InChI is InChI=1S/C11H12FNO3S/c12-10-4-2-1-3-9(10)5-7-13-11(14)6-8-17(13,15)16/h1-4H,5-8H2. The first kappa shape index (κ1) is 12.0. The van der Waals surface area contributed by atoms with Gasteiger partial charge in [-0.15, -0.1) is 0 Å². The molecule has 1 aliphatic rings. The van der Waals surface area contributed by atoms with Crippen molar-refractivity contribution in [1.29, 1.82) is 0 Å². The molecule has 4 nitrogen and oxygen atoms in total. The summed E-state index contributed by atoms with van der Waals surface area (Å²) in [5.41, 5.74) is 0.419. The Labute approximate surface area is 99.1 Å². The fraction of sp³-hybridized carbons (Fsp3) is 0.364. The maximum Gasteiger partial charge on any atom is 0.237 e. The summed E-state index contributed by atoms with van der Waals surface area (Å²) in [6.07, 6.45) is 0.233. The molecule has 6 heteroatoms. The summed E-state index contributed by atoms with van der Waals surface area (Å²) in [4.78, 5) is 11.3. The molecule has 0 aromatic heterocycles. The van der Waals surface area contributed by atoms with Crippen LogP contribution in [0, 0.1) is 5.82 Å². The molecule has 1 aromatic carbocycles. The lowest BCUT2D eigenvalue weighted by Crippen LogP contribution is -2.31. The van der Waals surface area contributed by atoms with E-state index in [1.807, 2.05) is 0 Å². The van der Waals surface area contributed by atoms with Gasteiger partial charge >= 0.3 is 0 Å². The van der Waals surface area contributed by atoms with Crippen molar-refractivity contribution in [2.24, 2.45) is 0 Å². The Morgan fingerprint density at radius 1 is 1.29 bits per heavy atom. The van der Waals surface area contributed by atoms with Gasteiger partial charge in [0.1, 0.15) is 5.82 Å². The second-order valence-electron chi connectivity index (χ2n) is 3.87. The summed E-state index contributed by atoms with van der Waals surface area (Å²) in [6, 6.07) is 6.15. The van der Waals surface area contributed by atoms with E-state index in [2.05, 4.69) is 0 Å². The van der Waals surface area contributed by atoms with Gasteiger partial charge in [0.05, 0.1) is 5.75 Å². The molecule has 17 heavy (non-hydrogen) atoms. The second kappa shape index (κ2) is 4.44. The first-order valence-electron chi connectivity index (χ1n) is 5.27. The van der Waals surface area contributed by atoms with Crippen LogP contribution < -0.4 is 0 Å². The van der Waals surface area contributed by atoms with Gasteiger partial charge in [-0.25, -0.2) is 17.1 Å². The number of benzene rings is 1. The van der Waals surface area contributed by atoms with E-state index >= 15 is 0 Å². The molecular weight excluding hydrogens is 245 g/mol. The van der Waals surface area contributed by atoms with Crippen LogP contribution in [-0.2, 0) is 21.2 Å². The van der Waals surface area contributed by atoms with Crippen molar-refractivity contribution in [2.45, 2.75) is 12.8 Å². The molecule has 2 rings (SSSR count). The minimum atomic E-state index is -3.46. The van der Waals surface area contributed by atoms with E-state index < -0.39 is 15.9 Å². The summed E-state index contributed by atoms with van der Waals surface area (Å²) in [5.74, 6) is -0.916. The van der Waals surface area contributed by atoms with Crippen molar-refractivity contribution in [3.05, 3.63) is 35.6 Å². The largest absolute Gasteiger partial charge is 0.274 e. The van der Waals surface area contributed by atoms with Gasteiger partial charge in [-0.3, -0.25) is 4.79 Å². The molecule has 1 saturated heterocycles. The number of carbonyl (C=O) groups is 1. The molecule has 0 atom stereocenters. The minimum Gasteiger partial charge on any atom is -0.274 e. The van der Waals surface area contributed by atoms with Crippen molar-refractivity contribution in [3.63, 3.8) is 0 Å². The number of carbonyl (C=O) groups excluding carboxylic acids is 1. The molecular formula is C11H12FNO3S. The van der Waals surface area contributed by atoms with Gasteiger partial charge in [0.15, 0.2) is 0 Å². The number of halogens is 1. The zero-order chi connectivity index (χ0) is 12.5. The summed E-state index contributed by atoms with van der Waals surface area (Å²) in [7, 11) is -3.46. The summed E-state index contributed by atoms with van der Waals surface area (Å²) >= 11 is 0. The summed E-state index contributed by atoms with van der Waals surface area (Å²) in [6.45, 7) is 0.0160. The van der Waals surface area contributed by atoms with E-state index in [1.54, 1.807) is 18.2 Å². The van der Waals surface area contributed by atoms with Crippen LogP contribution in [0.2, 0.25) is 0 Å². The quantitative estimate of drug-likeness (QED) is 0.809. The fourth-order valence-corrected chi connectivity index (χ4v) is 3.22. The minimum absolute atomic E-state index is 0.0160. The first-order chi connectivity index (χ1) is 8.00. The van der Waals surface area contributed by atoms with Crippen LogP contribution in [0.15, 0.2) is 24.3 Å². The third-order valence-electron chi connectivity index (χ3n) is 2.73. The highest BCUT2D eigenvalue weighted by molar-refractivity contribution is 7.90. The number of rotatable bonds is 3. The lowest BCUT2D eigenvalue weighted by Gasteiger charge is -2.14. The molecule has 0 saturated carbocycles. The van der Waals surface area contributed by atoms with Crippen LogP contribution in [0.4, 0.5) is 4.39 Å². The third kappa shape index (κ3) is 2.46. The Balaban J connectivity index is 2.09. The molecule has 0 radical (unpaired) electrons. The maximum atomic E-state index is 13.3. The molecule has 92 valence electrons. The Bertz CT molecular complexity index is 541. The highest BCUT2D eigenvalue weighted by Gasteiger charge is 2.34. The normalized spacial score (nSPS) is 18.6. The molecule has 0 aliphatic carbocycles. The predicted molar refractivity (Wildman–Crippen MR) is 60.2 cm³/mol. The van der Waals surface area contributed by atoms with E-state index in [0.29, 0.717) is 5.56 Å². The topological polar surface area (TPSA) is 54.5 Å². The Hall–Kier alpha value is -1.43. The van der Waals surface area contributed by atoms with Gasteiger partial charge < -0.3 is 0 Å². The first-order valence-corrected chi connectivity index (χ1v) is 6.88. The lowest BCUT2D eigenvalue weighted by atomic mass is 10.1. The van der Waals surface area contributed by atoms with E-state index in [4.69, 9.17) is 0 Å². The summed E-state index contributed by atoms with van der Waals surface area (Å²) in [5, 5.41) is 0. The monoisotopic (exact) mass is 257 g/mol. The van der Waals surface area contributed by atoms with Crippen LogP contribution in [0.1, 0.15) is 12.0 Å². The Morgan fingerprint density at radius 3 is 2.59 bits per heavy atom. The van der Waals surface area contributed by atoms with Crippen molar-refractivity contribution in [2.75, 3.05) is 12.3 Å². The van der Waals surface area contributed by atoms with Crippen LogP contribution >= 0.6 is 0 Å². The van der Waals surface area contributed by atoms with Crippen LogP contribution in [-0.4, -0.2) is 30.9 Å². The molecule has 0 N–H and O–H groups in total. The van der Waals surface area contributed by atoms with Crippen molar-refractivity contribution >= 4 is 15.9 Å². The number of sulfonamides is 1. The zero-order valence-electron chi connectivity index (χ0n) is 9.10. The van der Waals surface area contributed by atoms with Gasteiger partial charge in [0, 0.05) is 13.0 Å². The highest BCUT2D eigenvalue weighted by atomic mass is 32.2. The van der Waals surface area contributed by atoms with Gasteiger partial charge in [0.2, 0.25) is 15.9 Å². The van der Waals surface area contributed by atoms with Gasteiger partial charge in [-0.1, -0.05) is 18.2 Å². The summed E-state index contributed by atoms with van der Waals surface area (Å²) < 4.78 is 37.1. The SMILES string of the molecule is O=C1CCS(=O)(=O)N1CCc1ccccc1F. The molecule has 1 heterocycles. The smallest absolute Gasteiger partial charge is 0.237 e. The fourth-order valence-electron chi connectivity index (χ4n) is 1.79. The van der Waals surface area contributed by atoms with E-state index in [-0.39, 0.29) is 31.0 Å². The molecule has 0 bridgehead atoms. The van der Waals surface area contributed by atoms with Crippen molar-refractivity contribution in [3.8, 4) is 0 Å². The number of amides is 1. The number of hydrogen-bond donors (Lipinski definition) is 0. The van der Waals surface area contributed by atoms with E-state index in [0.717, 1.165) is 4.31 Å². The van der Waals surface area contributed by atoms with Gasteiger partial charge in [0.25, 0.3) is 0 Å². The Kier molecular flexibility index (Phi) is 3.15. The Morgan fingerprint density at radius 2 is 2.00 bits per heavy atom. The van der Waals surface area contributed by atoms with Crippen LogP contribution in [0.25, 0.3) is 0 Å². The molecule has 0 unspecified atom stereocenters. The molecule has 1 aromatic rings. The van der Waals surface area contributed by atoms with E-state index in [9.17, 15) is 17.6 Å². The maximum absolute atomic E-state index is 13.3. The predicted octanol–water partition coefficient (Wildman–Crippen LogP) is 0.930. The van der Waals surface area contributed by atoms with E-state index in [1.165, 1.54) is 6.07 Å². The molecule has 1 amide bonds. The van der Waals surface area contributed by atoms with Crippen LogP contribution in [0.5, 0.6) is 0 Å². The van der Waals surface area contributed by atoms with Crippen molar-refractivity contribution in [1.82, 2.24) is 4.31 Å². The second-order valence-corrected chi connectivity index (χ2v) is 5.89. The number of nitrogens with zero attached hydrogens (tertiary/aromatic N) is 1. The molecule has 1 fully saturated rings. The lowest BCUT2D eigenvalue weighted by molar-refractivity contribution is -0.125. The molecule has 0 spiro atoms. The number of hydrogen-bond acceptors (Lipinski definition) is 3.